The molecule has 1 saturated heterocycles. The molecule has 1 saturated carbocycles. The number of rotatable bonds is 3. The van der Waals surface area contributed by atoms with E-state index in [9.17, 15) is 4.79 Å². The minimum atomic E-state index is -0.294. The second kappa shape index (κ2) is 4.60. The fourth-order valence-corrected chi connectivity index (χ4v) is 3.49. The Kier molecular flexibility index (Phi) is 3.48. The van der Waals surface area contributed by atoms with Crippen molar-refractivity contribution in [1.82, 2.24) is 0 Å². The average molecular weight is 240 g/mol. The van der Waals surface area contributed by atoms with E-state index in [1.54, 1.807) is 0 Å². The number of hydrogen-bond donors (Lipinski definition) is 0. The molecule has 1 heterocycles. The lowest BCUT2D eigenvalue weighted by Crippen LogP contribution is -2.39. The Balaban J connectivity index is 2.09. The Morgan fingerprint density at radius 2 is 2.18 bits per heavy atom. The summed E-state index contributed by atoms with van der Waals surface area (Å²) in [5.41, 5.74) is -0.196. The van der Waals surface area contributed by atoms with Gasteiger partial charge in [-0.1, -0.05) is 27.2 Å². The molecule has 4 unspecified atom stereocenters. The number of ether oxygens (including phenoxy) is 2. The monoisotopic (exact) mass is 240 g/mol. The lowest BCUT2D eigenvalue weighted by Gasteiger charge is -2.35. The van der Waals surface area contributed by atoms with Crippen molar-refractivity contribution in [2.75, 3.05) is 6.61 Å². The molecule has 17 heavy (non-hydrogen) atoms. The van der Waals surface area contributed by atoms with E-state index >= 15 is 0 Å². The van der Waals surface area contributed by atoms with Gasteiger partial charge in [0.05, 0.1) is 6.61 Å². The lowest BCUT2D eigenvalue weighted by molar-refractivity contribution is -0.144. The van der Waals surface area contributed by atoms with Crippen LogP contribution in [0.1, 0.15) is 47.0 Å². The average Bonchev–Trinajstić information content (AvgIpc) is 2.92. The predicted octanol–water partition coefficient (Wildman–Crippen LogP) is 2.78. The Bertz CT molecular complexity index is 300. The van der Waals surface area contributed by atoms with Gasteiger partial charge in [-0.15, -0.1) is 0 Å². The molecule has 0 amide bonds. The molecule has 3 nitrogen and oxygen atoms in total. The highest BCUT2D eigenvalue weighted by Crippen LogP contribution is 2.55. The highest BCUT2D eigenvalue weighted by molar-refractivity contribution is 5.79. The molecule has 2 rings (SSSR count). The maximum atomic E-state index is 11.8. The second-order valence-corrected chi connectivity index (χ2v) is 5.94. The SMILES string of the molecule is CCOC(=O)C1OC12CC(C)CCC2C(C)C. The van der Waals surface area contributed by atoms with Gasteiger partial charge in [0, 0.05) is 0 Å². The fourth-order valence-electron chi connectivity index (χ4n) is 3.49. The van der Waals surface area contributed by atoms with Crippen LogP contribution in [0.4, 0.5) is 0 Å². The van der Waals surface area contributed by atoms with Crippen LogP contribution in [0.5, 0.6) is 0 Å². The Hall–Kier alpha value is -0.570. The quantitative estimate of drug-likeness (QED) is 0.562. The van der Waals surface area contributed by atoms with E-state index in [1.807, 2.05) is 6.92 Å². The highest BCUT2D eigenvalue weighted by atomic mass is 16.7. The number of hydrogen-bond acceptors (Lipinski definition) is 3. The van der Waals surface area contributed by atoms with Crippen LogP contribution in [0.15, 0.2) is 0 Å². The predicted molar refractivity (Wildman–Crippen MR) is 65.6 cm³/mol. The van der Waals surface area contributed by atoms with E-state index in [1.165, 1.54) is 12.8 Å². The van der Waals surface area contributed by atoms with Gasteiger partial charge in [0.15, 0.2) is 6.10 Å². The Labute approximate surface area is 104 Å². The first-order chi connectivity index (χ1) is 8.01. The number of epoxide rings is 1. The third-order valence-corrected chi connectivity index (χ3v) is 4.29. The summed E-state index contributed by atoms with van der Waals surface area (Å²) in [5.74, 6) is 1.58. The van der Waals surface area contributed by atoms with Gasteiger partial charge in [-0.25, -0.2) is 4.79 Å². The molecule has 1 aliphatic carbocycles. The van der Waals surface area contributed by atoms with Crippen LogP contribution in [-0.2, 0) is 14.3 Å². The van der Waals surface area contributed by atoms with Gasteiger partial charge in [-0.05, 0) is 37.5 Å². The van der Waals surface area contributed by atoms with Gasteiger partial charge in [0.25, 0.3) is 0 Å². The number of carbonyl (C=O) groups excluding carboxylic acids is 1. The Morgan fingerprint density at radius 1 is 1.47 bits per heavy atom. The van der Waals surface area contributed by atoms with Crippen molar-refractivity contribution >= 4 is 5.97 Å². The Morgan fingerprint density at radius 3 is 2.76 bits per heavy atom. The molecule has 4 atom stereocenters. The molecule has 1 spiro atoms. The third kappa shape index (κ3) is 2.22. The van der Waals surface area contributed by atoms with E-state index in [2.05, 4.69) is 20.8 Å². The minimum absolute atomic E-state index is 0.160. The largest absolute Gasteiger partial charge is 0.464 e. The van der Waals surface area contributed by atoms with Gasteiger partial charge in [0.2, 0.25) is 0 Å². The zero-order chi connectivity index (χ0) is 12.6. The lowest BCUT2D eigenvalue weighted by atomic mass is 9.68. The van der Waals surface area contributed by atoms with Crippen LogP contribution in [0.25, 0.3) is 0 Å². The van der Waals surface area contributed by atoms with E-state index < -0.39 is 0 Å². The summed E-state index contributed by atoms with van der Waals surface area (Å²) in [4.78, 5) is 11.8. The fraction of sp³-hybridized carbons (Fsp3) is 0.929. The number of carbonyl (C=O) groups is 1. The van der Waals surface area contributed by atoms with Gasteiger partial charge >= 0.3 is 5.97 Å². The second-order valence-electron chi connectivity index (χ2n) is 5.94. The summed E-state index contributed by atoms with van der Waals surface area (Å²) < 4.78 is 10.9. The van der Waals surface area contributed by atoms with E-state index in [0.29, 0.717) is 24.4 Å². The molecule has 2 fully saturated rings. The smallest absolute Gasteiger partial charge is 0.338 e. The first kappa shape index (κ1) is 12.9. The molecule has 1 aliphatic heterocycles. The summed E-state index contributed by atoms with van der Waals surface area (Å²) in [5, 5.41) is 0. The summed E-state index contributed by atoms with van der Waals surface area (Å²) in [6, 6.07) is 0. The van der Waals surface area contributed by atoms with E-state index in [0.717, 1.165) is 6.42 Å². The molecular formula is C14H24O3. The van der Waals surface area contributed by atoms with Crippen LogP contribution in [0, 0.1) is 17.8 Å². The highest BCUT2D eigenvalue weighted by Gasteiger charge is 2.67. The van der Waals surface area contributed by atoms with Crippen molar-refractivity contribution in [3.8, 4) is 0 Å². The molecule has 0 N–H and O–H groups in total. The summed E-state index contributed by atoms with van der Waals surface area (Å²) >= 11 is 0. The summed E-state index contributed by atoms with van der Waals surface area (Å²) in [7, 11) is 0. The van der Waals surface area contributed by atoms with Gasteiger partial charge in [-0.3, -0.25) is 0 Å². The maximum absolute atomic E-state index is 11.8. The molecule has 0 aromatic heterocycles. The van der Waals surface area contributed by atoms with Gasteiger partial charge in [-0.2, -0.15) is 0 Å². The van der Waals surface area contributed by atoms with Crippen molar-refractivity contribution in [3.63, 3.8) is 0 Å². The molecular weight excluding hydrogens is 216 g/mol. The van der Waals surface area contributed by atoms with Crippen LogP contribution in [0.3, 0.4) is 0 Å². The van der Waals surface area contributed by atoms with Crippen molar-refractivity contribution < 1.29 is 14.3 Å². The number of esters is 1. The van der Waals surface area contributed by atoms with Gasteiger partial charge < -0.3 is 9.47 Å². The first-order valence-electron chi connectivity index (χ1n) is 6.85. The maximum Gasteiger partial charge on any atom is 0.338 e. The summed E-state index contributed by atoms with van der Waals surface area (Å²) in [6.07, 6.45) is 3.15. The topological polar surface area (TPSA) is 38.8 Å². The zero-order valence-corrected chi connectivity index (χ0v) is 11.4. The molecule has 98 valence electrons. The molecule has 0 aromatic rings. The van der Waals surface area contributed by atoms with Crippen LogP contribution in [0.2, 0.25) is 0 Å². The van der Waals surface area contributed by atoms with Crippen LogP contribution in [-0.4, -0.2) is 24.3 Å². The van der Waals surface area contributed by atoms with Gasteiger partial charge in [0.1, 0.15) is 5.60 Å². The minimum Gasteiger partial charge on any atom is -0.464 e. The summed E-state index contributed by atoms with van der Waals surface area (Å²) in [6.45, 7) is 8.99. The molecule has 3 heteroatoms. The first-order valence-corrected chi connectivity index (χ1v) is 6.85. The third-order valence-electron chi connectivity index (χ3n) is 4.29. The normalized spacial score (nSPS) is 40.6. The van der Waals surface area contributed by atoms with Crippen molar-refractivity contribution in [2.24, 2.45) is 17.8 Å². The molecule has 0 radical (unpaired) electrons. The standard InChI is InChI=1S/C14H24O3/c1-5-16-13(15)12-14(17-12)8-10(4)6-7-11(14)9(2)3/h9-12H,5-8H2,1-4H3. The van der Waals surface area contributed by atoms with Crippen molar-refractivity contribution in [2.45, 2.75) is 58.7 Å². The van der Waals surface area contributed by atoms with Crippen molar-refractivity contribution in [3.05, 3.63) is 0 Å². The molecule has 0 aromatic carbocycles. The molecule has 2 aliphatic rings. The van der Waals surface area contributed by atoms with Crippen LogP contribution >= 0.6 is 0 Å². The van der Waals surface area contributed by atoms with E-state index in [-0.39, 0.29) is 17.7 Å². The van der Waals surface area contributed by atoms with E-state index in [4.69, 9.17) is 9.47 Å². The van der Waals surface area contributed by atoms with Crippen molar-refractivity contribution in [1.29, 1.82) is 0 Å². The molecule has 0 bridgehead atoms. The zero-order valence-electron chi connectivity index (χ0n) is 11.4. The van der Waals surface area contributed by atoms with Crippen LogP contribution < -0.4 is 0 Å².